The van der Waals surface area contributed by atoms with E-state index in [1.165, 1.54) is 25.7 Å². The highest BCUT2D eigenvalue weighted by Gasteiger charge is 2.51. The van der Waals surface area contributed by atoms with Crippen molar-refractivity contribution in [2.45, 2.75) is 44.6 Å². The summed E-state index contributed by atoms with van der Waals surface area (Å²) in [6, 6.07) is 0.488. The van der Waals surface area contributed by atoms with Crippen molar-refractivity contribution in [1.82, 2.24) is 5.32 Å². The molecule has 3 N–H and O–H groups in total. The van der Waals surface area contributed by atoms with Crippen LogP contribution in [0.25, 0.3) is 0 Å². The van der Waals surface area contributed by atoms with E-state index in [1.807, 2.05) is 0 Å². The fourth-order valence-electron chi connectivity index (χ4n) is 2.51. The molecule has 3 aliphatic carbocycles. The van der Waals surface area contributed by atoms with Crippen molar-refractivity contribution in [2.24, 2.45) is 23.0 Å². The molecule has 0 aromatic heterocycles. The molecule has 3 saturated carbocycles. The predicted octanol–water partition coefficient (Wildman–Crippen LogP) is 1.03. The van der Waals surface area contributed by atoms with E-state index in [4.69, 9.17) is 5.73 Å². The lowest BCUT2D eigenvalue weighted by atomic mass is 10.0. The monoisotopic (exact) mass is 208 g/mol. The molecule has 1 amide bonds. The van der Waals surface area contributed by atoms with E-state index in [0.29, 0.717) is 12.6 Å². The van der Waals surface area contributed by atoms with Crippen LogP contribution in [0.1, 0.15) is 38.5 Å². The van der Waals surface area contributed by atoms with Gasteiger partial charge in [0.15, 0.2) is 0 Å². The molecule has 3 heteroatoms. The van der Waals surface area contributed by atoms with Crippen molar-refractivity contribution in [3.8, 4) is 0 Å². The lowest BCUT2D eigenvalue weighted by Gasteiger charge is -2.21. The Morgan fingerprint density at radius 1 is 1.27 bits per heavy atom. The molecule has 0 bridgehead atoms. The first-order valence-corrected chi connectivity index (χ1v) is 6.26. The molecule has 0 unspecified atom stereocenters. The standard InChI is InChI=1S/C12H20N2O/c13-7-12(5-6-12)11(15)14-10(8-1-2-8)9-3-4-9/h8-10H,1-7,13H2,(H,14,15). The Bertz CT molecular complexity index is 265. The topological polar surface area (TPSA) is 55.1 Å². The van der Waals surface area contributed by atoms with Crippen LogP contribution in [0.2, 0.25) is 0 Å². The van der Waals surface area contributed by atoms with Crippen LogP contribution in [0.3, 0.4) is 0 Å². The van der Waals surface area contributed by atoms with Gasteiger partial charge in [0.2, 0.25) is 5.91 Å². The van der Waals surface area contributed by atoms with Crippen molar-refractivity contribution in [3.05, 3.63) is 0 Å². The van der Waals surface area contributed by atoms with Gasteiger partial charge in [-0.25, -0.2) is 0 Å². The van der Waals surface area contributed by atoms with Gasteiger partial charge in [-0.1, -0.05) is 0 Å². The molecule has 84 valence electrons. The third-order valence-corrected chi connectivity index (χ3v) is 4.28. The first-order chi connectivity index (χ1) is 7.25. The number of carbonyl (C=O) groups excluding carboxylic acids is 1. The van der Waals surface area contributed by atoms with Gasteiger partial charge in [-0.05, 0) is 50.4 Å². The van der Waals surface area contributed by atoms with Gasteiger partial charge in [0.1, 0.15) is 0 Å². The smallest absolute Gasteiger partial charge is 0.227 e. The van der Waals surface area contributed by atoms with Gasteiger partial charge in [0.25, 0.3) is 0 Å². The Morgan fingerprint density at radius 2 is 1.80 bits per heavy atom. The van der Waals surface area contributed by atoms with Gasteiger partial charge in [0, 0.05) is 12.6 Å². The Labute approximate surface area is 90.8 Å². The summed E-state index contributed by atoms with van der Waals surface area (Å²) >= 11 is 0. The van der Waals surface area contributed by atoms with Gasteiger partial charge in [-0.3, -0.25) is 4.79 Å². The zero-order chi connectivity index (χ0) is 10.5. The first-order valence-electron chi connectivity index (χ1n) is 6.26. The maximum absolute atomic E-state index is 12.0. The van der Waals surface area contributed by atoms with Gasteiger partial charge in [-0.2, -0.15) is 0 Å². The van der Waals surface area contributed by atoms with Gasteiger partial charge >= 0.3 is 0 Å². The highest BCUT2D eigenvalue weighted by Crippen LogP contribution is 2.48. The molecule has 0 heterocycles. The first kappa shape index (κ1) is 9.64. The number of carbonyl (C=O) groups is 1. The van der Waals surface area contributed by atoms with Crippen LogP contribution in [-0.2, 0) is 4.79 Å². The molecule has 3 fully saturated rings. The van der Waals surface area contributed by atoms with Crippen LogP contribution in [0.4, 0.5) is 0 Å². The molecule has 15 heavy (non-hydrogen) atoms. The second-order valence-electron chi connectivity index (χ2n) is 5.66. The summed E-state index contributed by atoms with van der Waals surface area (Å²) in [5.41, 5.74) is 5.50. The Balaban J connectivity index is 1.60. The van der Waals surface area contributed by atoms with Crippen LogP contribution in [0.5, 0.6) is 0 Å². The second-order valence-corrected chi connectivity index (χ2v) is 5.66. The summed E-state index contributed by atoms with van der Waals surface area (Å²) < 4.78 is 0. The largest absolute Gasteiger partial charge is 0.352 e. The number of nitrogens with one attached hydrogen (secondary N) is 1. The highest BCUT2D eigenvalue weighted by molar-refractivity contribution is 5.85. The molecule has 0 radical (unpaired) electrons. The lowest BCUT2D eigenvalue weighted by molar-refractivity contribution is -0.127. The lowest BCUT2D eigenvalue weighted by Crippen LogP contribution is -2.44. The fourth-order valence-corrected chi connectivity index (χ4v) is 2.51. The third-order valence-electron chi connectivity index (χ3n) is 4.28. The summed E-state index contributed by atoms with van der Waals surface area (Å²) in [6.45, 7) is 0.529. The van der Waals surface area contributed by atoms with Gasteiger partial charge < -0.3 is 11.1 Å². The molecule has 3 rings (SSSR count). The maximum Gasteiger partial charge on any atom is 0.227 e. The minimum Gasteiger partial charge on any atom is -0.352 e. The van der Waals surface area contributed by atoms with Crippen LogP contribution in [-0.4, -0.2) is 18.5 Å². The summed E-state index contributed by atoms with van der Waals surface area (Å²) in [7, 11) is 0. The molecule has 0 atom stereocenters. The third kappa shape index (κ3) is 1.78. The Morgan fingerprint density at radius 3 is 2.13 bits per heavy atom. The molecular formula is C12H20N2O. The van der Waals surface area contributed by atoms with E-state index in [0.717, 1.165) is 24.7 Å². The molecule has 3 aliphatic rings. The van der Waals surface area contributed by atoms with Crippen molar-refractivity contribution < 1.29 is 4.79 Å². The molecule has 0 aromatic carbocycles. The van der Waals surface area contributed by atoms with Crippen molar-refractivity contribution in [1.29, 1.82) is 0 Å². The van der Waals surface area contributed by atoms with E-state index >= 15 is 0 Å². The van der Waals surface area contributed by atoms with E-state index in [-0.39, 0.29) is 11.3 Å². The summed E-state index contributed by atoms with van der Waals surface area (Å²) in [4.78, 5) is 12.0. The minimum atomic E-state index is -0.165. The zero-order valence-electron chi connectivity index (χ0n) is 9.17. The quantitative estimate of drug-likeness (QED) is 0.709. The molecule has 0 aliphatic heterocycles. The number of hydrogen-bond acceptors (Lipinski definition) is 2. The maximum atomic E-state index is 12.0. The predicted molar refractivity (Wildman–Crippen MR) is 58.1 cm³/mol. The van der Waals surface area contributed by atoms with Crippen LogP contribution in [0.15, 0.2) is 0 Å². The number of hydrogen-bond donors (Lipinski definition) is 2. The van der Waals surface area contributed by atoms with Crippen LogP contribution in [0, 0.1) is 17.3 Å². The van der Waals surface area contributed by atoms with Crippen molar-refractivity contribution in [2.75, 3.05) is 6.54 Å². The SMILES string of the molecule is NCC1(C(=O)NC(C2CC2)C2CC2)CC1. The van der Waals surface area contributed by atoms with Crippen molar-refractivity contribution >= 4 is 5.91 Å². The summed E-state index contributed by atoms with van der Waals surface area (Å²) in [5, 5.41) is 3.28. The van der Waals surface area contributed by atoms with Crippen LogP contribution < -0.4 is 11.1 Å². The highest BCUT2D eigenvalue weighted by atomic mass is 16.2. The zero-order valence-corrected chi connectivity index (χ0v) is 9.17. The van der Waals surface area contributed by atoms with E-state index in [2.05, 4.69) is 5.32 Å². The number of amides is 1. The second kappa shape index (κ2) is 3.21. The molecule has 0 aromatic rings. The van der Waals surface area contributed by atoms with Gasteiger partial charge in [0.05, 0.1) is 5.41 Å². The van der Waals surface area contributed by atoms with Crippen LogP contribution >= 0.6 is 0 Å². The minimum absolute atomic E-state index is 0.165. The molecular weight excluding hydrogens is 188 g/mol. The Kier molecular flexibility index (Phi) is 2.06. The average Bonchev–Trinajstić information content (AvgIpc) is 3.16. The normalized spacial score (nSPS) is 27.9. The summed E-state index contributed by atoms with van der Waals surface area (Å²) in [5.74, 6) is 1.82. The van der Waals surface area contributed by atoms with E-state index in [9.17, 15) is 4.79 Å². The molecule has 0 spiro atoms. The van der Waals surface area contributed by atoms with Gasteiger partial charge in [-0.15, -0.1) is 0 Å². The average molecular weight is 208 g/mol. The van der Waals surface area contributed by atoms with E-state index < -0.39 is 0 Å². The van der Waals surface area contributed by atoms with E-state index in [1.54, 1.807) is 0 Å². The number of rotatable bonds is 5. The van der Waals surface area contributed by atoms with Crippen molar-refractivity contribution in [3.63, 3.8) is 0 Å². The number of nitrogens with two attached hydrogens (primary N) is 1. The molecule has 3 nitrogen and oxygen atoms in total. The molecule has 0 saturated heterocycles. The summed E-state index contributed by atoms with van der Waals surface area (Å²) in [6.07, 6.45) is 7.26. The fraction of sp³-hybridized carbons (Fsp3) is 0.917. The Hall–Kier alpha value is -0.570.